The first-order valence-corrected chi connectivity index (χ1v) is 12.9. The molecular weight excluding hydrogens is 478 g/mol. The van der Waals surface area contributed by atoms with Crippen LogP contribution in [-0.4, -0.2) is 49.8 Å². The second-order valence-corrected chi connectivity index (χ2v) is 10.2. The molecule has 1 aliphatic heterocycles. The Morgan fingerprint density at radius 3 is 2.26 bits per heavy atom. The molecule has 1 amide bonds. The number of hydrogen-bond acceptors (Lipinski definition) is 5. The van der Waals surface area contributed by atoms with Gasteiger partial charge in [0.15, 0.2) is 0 Å². The summed E-state index contributed by atoms with van der Waals surface area (Å²) in [6.45, 7) is 3.59. The highest BCUT2D eigenvalue weighted by atomic mass is 32.2. The number of amides is 1. The maximum absolute atomic E-state index is 13.3. The minimum Gasteiger partial charge on any atom is -0.460 e. The lowest BCUT2D eigenvalue weighted by Gasteiger charge is -2.34. The highest BCUT2D eigenvalue weighted by Gasteiger charge is 2.38. The van der Waals surface area contributed by atoms with Gasteiger partial charge in [-0.15, -0.1) is 0 Å². The lowest BCUT2D eigenvalue weighted by atomic mass is 10.0. The summed E-state index contributed by atoms with van der Waals surface area (Å²) in [4.78, 5) is 25.8. The Balaban J connectivity index is 1.77. The number of carbonyl (C=O) groups is 2. The number of piperidine rings is 1. The van der Waals surface area contributed by atoms with Crippen LogP contribution in [0, 0.1) is 11.6 Å². The van der Waals surface area contributed by atoms with Crippen LogP contribution in [0.5, 0.6) is 0 Å². The van der Waals surface area contributed by atoms with E-state index >= 15 is 0 Å². The van der Waals surface area contributed by atoms with E-state index in [1.165, 1.54) is 54.6 Å². The van der Waals surface area contributed by atoms with Crippen molar-refractivity contribution < 1.29 is 31.5 Å². The largest absolute Gasteiger partial charge is 0.460 e. The number of hydrogen-bond donors (Lipinski definition) is 1. The first-order valence-electron chi connectivity index (χ1n) is 11.3. The van der Waals surface area contributed by atoms with Gasteiger partial charge >= 0.3 is 5.97 Å². The highest BCUT2D eigenvalue weighted by Crippen LogP contribution is 2.24. The number of rotatable bonds is 10. The lowest BCUT2D eigenvalue weighted by molar-refractivity contribution is -0.147. The lowest BCUT2D eigenvalue weighted by Crippen LogP contribution is -2.55. The predicted molar refractivity (Wildman–Crippen MR) is 127 cm³/mol. The van der Waals surface area contributed by atoms with Crippen molar-refractivity contribution in [2.45, 2.75) is 43.5 Å². The zero-order valence-electron chi connectivity index (χ0n) is 19.2. The zero-order chi connectivity index (χ0) is 25.4. The van der Waals surface area contributed by atoms with E-state index in [4.69, 9.17) is 4.74 Å². The van der Waals surface area contributed by atoms with Crippen LogP contribution >= 0.6 is 0 Å². The summed E-state index contributed by atoms with van der Waals surface area (Å²) >= 11 is 0. The van der Waals surface area contributed by atoms with Gasteiger partial charge in [0.05, 0.1) is 5.75 Å². The Labute approximate surface area is 203 Å². The fourth-order valence-corrected chi connectivity index (χ4v) is 5.71. The van der Waals surface area contributed by atoms with Crippen molar-refractivity contribution in [2.24, 2.45) is 0 Å². The molecule has 1 aliphatic rings. The molecule has 0 saturated carbocycles. The van der Waals surface area contributed by atoms with Gasteiger partial charge < -0.3 is 10.1 Å². The minimum absolute atomic E-state index is 0.0387. The van der Waals surface area contributed by atoms with Crippen LogP contribution in [0.25, 0.3) is 0 Å². The molecule has 0 spiro atoms. The molecule has 2 aromatic rings. The maximum Gasteiger partial charge on any atom is 0.329 e. The van der Waals surface area contributed by atoms with Crippen LogP contribution in [0.15, 0.2) is 61.2 Å². The van der Waals surface area contributed by atoms with E-state index in [1.54, 1.807) is 0 Å². The van der Waals surface area contributed by atoms with Crippen LogP contribution in [-0.2, 0) is 36.5 Å². The van der Waals surface area contributed by atoms with E-state index in [9.17, 15) is 26.8 Å². The molecule has 0 aromatic heterocycles. The van der Waals surface area contributed by atoms with Gasteiger partial charge in [-0.25, -0.2) is 22.0 Å². The SMILES string of the molecule is C=CCOC(=O)[C@H](Cc1ccc(F)cc1)NC(=O)[C@@H]1CCCCN1S(=O)(=O)Cc1ccc(F)cc1. The minimum atomic E-state index is -3.90. The van der Waals surface area contributed by atoms with Crippen molar-refractivity contribution in [1.82, 2.24) is 9.62 Å². The number of esters is 1. The van der Waals surface area contributed by atoms with Crippen molar-refractivity contribution in [3.8, 4) is 0 Å². The smallest absolute Gasteiger partial charge is 0.329 e. The molecule has 0 bridgehead atoms. The summed E-state index contributed by atoms with van der Waals surface area (Å²) in [6.07, 6.45) is 2.95. The van der Waals surface area contributed by atoms with Crippen LogP contribution in [0.2, 0.25) is 0 Å². The molecule has 1 fully saturated rings. The Morgan fingerprint density at radius 2 is 1.66 bits per heavy atom. The van der Waals surface area contributed by atoms with Crippen molar-refractivity contribution in [3.05, 3.63) is 83.9 Å². The molecule has 188 valence electrons. The molecule has 1 N–H and O–H groups in total. The van der Waals surface area contributed by atoms with Gasteiger partial charge in [0, 0.05) is 13.0 Å². The molecule has 2 aromatic carbocycles. The summed E-state index contributed by atoms with van der Waals surface area (Å²) in [5, 5.41) is 2.63. The average molecular weight is 507 g/mol. The van der Waals surface area contributed by atoms with E-state index in [1.807, 2.05) is 0 Å². The fourth-order valence-electron chi connectivity index (χ4n) is 3.93. The first kappa shape index (κ1) is 26.5. The number of sulfonamides is 1. The number of ether oxygens (including phenoxy) is 1. The molecule has 10 heteroatoms. The number of nitrogens with zero attached hydrogens (tertiary/aromatic N) is 1. The second kappa shape index (κ2) is 12.0. The van der Waals surface area contributed by atoms with Gasteiger partial charge in [-0.1, -0.05) is 43.3 Å². The molecule has 35 heavy (non-hydrogen) atoms. The average Bonchev–Trinajstić information content (AvgIpc) is 2.84. The van der Waals surface area contributed by atoms with Gasteiger partial charge in [-0.2, -0.15) is 4.31 Å². The van der Waals surface area contributed by atoms with Crippen molar-refractivity contribution >= 4 is 21.9 Å². The van der Waals surface area contributed by atoms with Crippen LogP contribution < -0.4 is 5.32 Å². The third kappa shape index (κ3) is 7.43. The third-order valence-corrected chi connectivity index (χ3v) is 7.52. The summed E-state index contributed by atoms with van der Waals surface area (Å²) in [7, 11) is -3.90. The Bertz CT molecular complexity index is 1140. The Hall–Kier alpha value is -3.11. The molecule has 0 radical (unpaired) electrons. The zero-order valence-corrected chi connectivity index (χ0v) is 20.0. The summed E-state index contributed by atoms with van der Waals surface area (Å²) in [5.41, 5.74) is 0.995. The van der Waals surface area contributed by atoms with Gasteiger partial charge in [0.25, 0.3) is 0 Å². The van der Waals surface area contributed by atoms with Crippen molar-refractivity contribution in [2.75, 3.05) is 13.2 Å². The van der Waals surface area contributed by atoms with Crippen LogP contribution in [0.3, 0.4) is 0 Å². The standard InChI is InChI=1S/C25H28F2N2O5S/c1-2-15-34-25(31)22(16-18-6-10-20(26)11-7-18)28-24(30)23-5-3-4-14-29(23)35(32,33)17-19-8-12-21(27)13-9-19/h2,6-13,22-23H,1,3-5,14-17H2,(H,28,30)/t22-,23-/m0/s1. The second-order valence-electron chi connectivity index (χ2n) is 8.32. The molecule has 3 rings (SSSR count). The Kier molecular flexibility index (Phi) is 9.11. The normalized spacial score (nSPS) is 17.4. The molecule has 1 saturated heterocycles. The van der Waals surface area contributed by atoms with Gasteiger partial charge in [-0.3, -0.25) is 4.79 Å². The molecule has 7 nitrogen and oxygen atoms in total. The van der Waals surface area contributed by atoms with Crippen LogP contribution in [0.1, 0.15) is 30.4 Å². The van der Waals surface area contributed by atoms with Gasteiger partial charge in [0.2, 0.25) is 15.9 Å². The van der Waals surface area contributed by atoms with Gasteiger partial charge in [0.1, 0.15) is 30.3 Å². The molecular formula is C25H28F2N2O5S. The third-order valence-electron chi connectivity index (χ3n) is 5.67. The summed E-state index contributed by atoms with van der Waals surface area (Å²) in [5.74, 6) is -2.61. The van der Waals surface area contributed by atoms with E-state index < -0.39 is 45.6 Å². The number of benzene rings is 2. The van der Waals surface area contributed by atoms with Crippen LogP contribution in [0.4, 0.5) is 8.78 Å². The van der Waals surface area contributed by atoms with E-state index in [-0.39, 0.29) is 25.3 Å². The molecule has 1 heterocycles. The maximum atomic E-state index is 13.3. The first-order chi connectivity index (χ1) is 16.7. The van der Waals surface area contributed by atoms with Crippen molar-refractivity contribution in [3.63, 3.8) is 0 Å². The summed E-state index contributed by atoms with van der Waals surface area (Å²) in [6, 6.07) is 8.52. The van der Waals surface area contributed by atoms with E-state index in [0.29, 0.717) is 30.4 Å². The predicted octanol–water partition coefficient (Wildman–Crippen LogP) is 3.11. The number of halogens is 2. The van der Waals surface area contributed by atoms with Crippen molar-refractivity contribution in [1.29, 1.82) is 0 Å². The number of nitrogens with one attached hydrogen (secondary N) is 1. The fraction of sp³-hybridized carbons (Fsp3) is 0.360. The summed E-state index contributed by atoms with van der Waals surface area (Å²) < 4.78 is 59.1. The quantitative estimate of drug-likeness (QED) is 0.395. The van der Waals surface area contributed by atoms with E-state index in [2.05, 4.69) is 11.9 Å². The Morgan fingerprint density at radius 1 is 1.06 bits per heavy atom. The highest BCUT2D eigenvalue weighted by molar-refractivity contribution is 7.88. The topological polar surface area (TPSA) is 92.8 Å². The number of carbonyl (C=O) groups excluding carboxylic acids is 2. The monoisotopic (exact) mass is 506 g/mol. The molecule has 0 aliphatic carbocycles. The van der Waals surface area contributed by atoms with E-state index in [0.717, 1.165) is 4.31 Å². The molecule has 2 atom stereocenters. The van der Waals surface area contributed by atoms with Gasteiger partial charge in [-0.05, 0) is 48.2 Å². The molecule has 0 unspecified atom stereocenters.